The zero-order chi connectivity index (χ0) is 15.8. The number of nitrogens with two attached hydrogens (primary N) is 1. The molecule has 1 amide bonds. The van der Waals surface area contributed by atoms with Crippen LogP contribution in [0.5, 0.6) is 11.5 Å². The van der Waals surface area contributed by atoms with Gasteiger partial charge in [0.2, 0.25) is 6.10 Å². The predicted octanol–water partition coefficient (Wildman–Crippen LogP) is 2.27. The minimum atomic E-state index is -0.568. The van der Waals surface area contributed by atoms with E-state index in [9.17, 15) is 4.79 Å². The molecule has 1 heterocycles. The lowest BCUT2D eigenvalue weighted by Gasteiger charge is -2.45. The molecule has 3 atom stereocenters. The average molecular weight is 353 g/mol. The zero-order valence-corrected chi connectivity index (χ0v) is 14.5. The number of rotatable bonds is 2. The van der Waals surface area contributed by atoms with Crippen LogP contribution >= 0.6 is 12.4 Å². The predicted molar refractivity (Wildman–Crippen MR) is 93.6 cm³/mol. The maximum absolute atomic E-state index is 12.6. The smallest absolute Gasteiger partial charge is 0.264 e. The quantitative estimate of drug-likeness (QED) is 0.856. The Morgan fingerprint density at radius 1 is 1.12 bits per heavy atom. The summed E-state index contributed by atoms with van der Waals surface area (Å²) in [4.78, 5) is 12.6. The van der Waals surface area contributed by atoms with E-state index in [0.717, 1.165) is 12.8 Å². The van der Waals surface area contributed by atoms with Crippen LogP contribution in [0.15, 0.2) is 24.3 Å². The van der Waals surface area contributed by atoms with Gasteiger partial charge in [-0.25, -0.2) is 0 Å². The minimum Gasteiger partial charge on any atom is -0.485 e. The first-order chi connectivity index (χ1) is 11.2. The SMILES string of the molecule is Cl.NC1CC2CCCC(C1)C2NC(=O)C1COc2ccccc2O1. The van der Waals surface area contributed by atoms with Gasteiger partial charge in [0, 0.05) is 12.1 Å². The molecule has 3 unspecified atom stereocenters. The van der Waals surface area contributed by atoms with Crippen molar-refractivity contribution in [2.75, 3.05) is 6.61 Å². The molecule has 2 bridgehead atoms. The first-order valence-electron chi connectivity index (χ1n) is 8.65. The highest BCUT2D eigenvalue weighted by atomic mass is 35.5. The van der Waals surface area contributed by atoms with Gasteiger partial charge in [-0.15, -0.1) is 12.4 Å². The fourth-order valence-electron chi connectivity index (χ4n) is 4.43. The maximum atomic E-state index is 12.6. The van der Waals surface area contributed by atoms with Crippen molar-refractivity contribution in [1.29, 1.82) is 0 Å². The van der Waals surface area contributed by atoms with Gasteiger partial charge >= 0.3 is 0 Å². The number of carbonyl (C=O) groups is 1. The maximum Gasteiger partial charge on any atom is 0.264 e. The monoisotopic (exact) mass is 352 g/mol. The standard InChI is InChI=1S/C18H24N2O3.ClH/c19-13-8-11-4-3-5-12(9-13)17(11)20-18(21)16-10-22-14-6-1-2-7-15(14)23-16;/h1-2,6-7,11-13,16-17H,3-5,8-10,19H2,(H,20,21);1H. The molecule has 1 aliphatic heterocycles. The number of ether oxygens (including phenoxy) is 2. The topological polar surface area (TPSA) is 73.6 Å². The van der Waals surface area contributed by atoms with Crippen molar-refractivity contribution >= 4 is 18.3 Å². The molecule has 2 fully saturated rings. The summed E-state index contributed by atoms with van der Waals surface area (Å²) in [7, 11) is 0. The van der Waals surface area contributed by atoms with Gasteiger partial charge in [-0.05, 0) is 49.7 Å². The number of carbonyl (C=O) groups excluding carboxylic acids is 1. The molecule has 4 rings (SSSR count). The van der Waals surface area contributed by atoms with Gasteiger partial charge in [-0.1, -0.05) is 18.6 Å². The largest absolute Gasteiger partial charge is 0.485 e. The summed E-state index contributed by atoms with van der Waals surface area (Å²) in [6.45, 7) is 0.268. The summed E-state index contributed by atoms with van der Waals surface area (Å²) in [6.07, 6.45) is 5.06. The van der Waals surface area contributed by atoms with Gasteiger partial charge < -0.3 is 20.5 Å². The number of fused-ring (bicyclic) bond motifs is 3. The third-order valence-electron chi connectivity index (χ3n) is 5.49. The zero-order valence-electron chi connectivity index (χ0n) is 13.6. The summed E-state index contributed by atoms with van der Waals surface area (Å²) in [5.74, 6) is 2.31. The van der Waals surface area contributed by atoms with Gasteiger partial charge in [-0.2, -0.15) is 0 Å². The second-order valence-corrected chi connectivity index (χ2v) is 7.08. The lowest BCUT2D eigenvalue weighted by atomic mass is 9.67. The fourth-order valence-corrected chi connectivity index (χ4v) is 4.43. The van der Waals surface area contributed by atoms with Crippen molar-refractivity contribution in [2.45, 2.75) is 50.3 Å². The van der Waals surface area contributed by atoms with Gasteiger partial charge in [0.15, 0.2) is 11.5 Å². The van der Waals surface area contributed by atoms with Crippen LogP contribution in [0.4, 0.5) is 0 Å². The van der Waals surface area contributed by atoms with Crippen LogP contribution in [-0.2, 0) is 4.79 Å². The average Bonchev–Trinajstić information content (AvgIpc) is 2.55. The van der Waals surface area contributed by atoms with Gasteiger partial charge in [0.05, 0.1) is 0 Å². The summed E-state index contributed by atoms with van der Waals surface area (Å²) in [5.41, 5.74) is 6.16. The van der Waals surface area contributed by atoms with Crippen LogP contribution in [0.25, 0.3) is 0 Å². The molecule has 2 aliphatic carbocycles. The Balaban J connectivity index is 0.00000169. The third-order valence-corrected chi connectivity index (χ3v) is 5.49. The van der Waals surface area contributed by atoms with Gasteiger partial charge in [-0.3, -0.25) is 4.79 Å². The fraction of sp³-hybridized carbons (Fsp3) is 0.611. The van der Waals surface area contributed by atoms with E-state index in [1.54, 1.807) is 0 Å². The lowest BCUT2D eigenvalue weighted by Crippen LogP contribution is -2.57. The van der Waals surface area contributed by atoms with Crippen LogP contribution in [-0.4, -0.2) is 30.7 Å². The number of amides is 1. The molecule has 3 aliphatic rings. The summed E-state index contributed by atoms with van der Waals surface area (Å²) < 4.78 is 11.5. The van der Waals surface area contributed by atoms with Crippen LogP contribution in [0, 0.1) is 11.8 Å². The van der Waals surface area contributed by atoms with Crippen molar-refractivity contribution in [3.8, 4) is 11.5 Å². The van der Waals surface area contributed by atoms with Crippen molar-refractivity contribution in [2.24, 2.45) is 17.6 Å². The normalized spacial score (nSPS) is 34.0. The van der Waals surface area contributed by atoms with E-state index in [2.05, 4.69) is 5.32 Å². The van der Waals surface area contributed by atoms with E-state index in [0.29, 0.717) is 29.4 Å². The van der Waals surface area contributed by atoms with Crippen LogP contribution in [0.2, 0.25) is 0 Å². The molecule has 132 valence electrons. The third kappa shape index (κ3) is 3.33. The molecule has 0 spiro atoms. The number of hydrogen-bond donors (Lipinski definition) is 2. The number of benzene rings is 1. The molecular weight excluding hydrogens is 328 g/mol. The molecular formula is C18H25ClN2O3. The van der Waals surface area contributed by atoms with Gasteiger partial charge in [0.1, 0.15) is 6.61 Å². The minimum absolute atomic E-state index is 0. The lowest BCUT2D eigenvalue weighted by molar-refractivity contribution is -0.132. The first kappa shape index (κ1) is 17.4. The van der Waals surface area contributed by atoms with E-state index in [4.69, 9.17) is 15.2 Å². The molecule has 6 heteroatoms. The number of halogens is 1. The highest BCUT2D eigenvalue weighted by Crippen LogP contribution is 2.40. The molecule has 3 N–H and O–H groups in total. The Morgan fingerprint density at radius 3 is 2.50 bits per heavy atom. The van der Waals surface area contributed by atoms with E-state index in [-0.39, 0.29) is 31.0 Å². The molecule has 0 aromatic heterocycles. The first-order valence-corrected chi connectivity index (χ1v) is 8.65. The van der Waals surface area contributed by atoms with Crippen molar-refractivity contribution < 1.29 is 14.3 Å². The molecule has 2 saturated carbocycles. The van der Waals surface area contributed by atoms with Crippen LogP contribution in [0.1, 0.15) is 32.1 Å². The molecule has 1 aromatic rings. The molecule has 1 aromatic carbocycles. The Kier molecular flexibility index (Phi) is 5.21. The van der Waals surface area contributed by atoms with Crippen molar-refractivity contribution in [3.05, 3.63) is 24.3 Å². The number of para-hydroxylation sites is 2. The second-order valence-electron chi connectivity index (χ2n) is 7.08. The highest BCUT2D eigenvalue weighted by Gasteiger charge is 2.41. The Hall–Kier alpha value is -1.46. The van der Waals surface area contributed by atoms with Crippen LogP contribution in [0.3, 0.4) is 0 Å². The van der Waals surface area contributed by atoms with Crippen molar-refractivity contribution in [1.82, 2.24) is 5.32 Å². The molecule has 24 heavy (non-hydrogen) atoms. The van der Waals surface area contributed by atoms with Gasteiger partial charge in [0.25, 0.3) is 5.91 Å². The molecule has 0 saturated heterocycles. The summed E-state index contributed by atoms with van der Waals surface area (Å²) in [5, 5.41) is 3.24. The van der Waals surface area contributed by atoms with Crippen molar-refractivity contribution in [3.63, 3.8) is 0 Å². The second kappa shape index (κ2) is 7.19. The Bertz CT molecular complexity index is 583. The summed E-state index contributed by atoms with van der Waals surface area (Å²) >= 11 is 0. The van der Waals surface area contributed by atoms with E-state index < -0.39 is 6.10 Å². The number of hydrogen-bond acceptors (Lipinski definition) is 4. The number of nitrogens with one attached hydrogen (secondary N) is 1. The summed E-state index contributed by atoms with van der Waals surface area (Å²) in [6, 6.07) is 8.01. The van der Waals surface area contributed by atoms with Crippen LogP contribution < -0.4 is 20.5 Å². The molecule has 0 radical (unpaired) electrons. The van der Waals surface area contributed by atoms with E-state index in [1.165, 1.54) is 19.3 Å². The highest BCUT2D eigenvalue weighted by molar-refractivity contribution is 5.85. The van der Waals surface area contributed by atoms with E-state index >= 15 is 0 Å². The molecule has 5 nitrogen and oxygen atoms in total. The Morgan fingerprint density at radius 2 is 1.79 bits per heavy atom. The Labute approximate surface area is 148 Å². The van der Waals surface area contributed by atoms with E-state index in [1.807, 2.05) is 24.3 Å².